The van der Waals surface area contributed by atoms with Gasteiger partial charge in [0.05, 0.1) is 4.90 Å². The quantitative estimate of drug-likeness (QED) is 0.834. The first kappa shape index (κ1) is 9.94. The largest absolute Gasteiger partial charge is 0.240 e. The van der Waals surface area contributed by atoms with E-state index >= 15 is 0 Å². The van der Waals surface area contributed by atoms with Crippen molar-refractivity contribution in [2.75, 3.05) is 7.05 Å². The Morgan fingerprint density at radius 1 is 1.25 bits per heavy atom. The molecule has 0 bridgehead atoms. The third-order valence-electron chi connectivity index (χ3n) is 1.39. The highest BCUT2D eigenvalue weighted by atomic mass is 127. The third-order valence-corrected chi connectivity index (χ3v) is 3.54. The van der Waals surface area contributed by atoms with Crippen LogP contribution < -0.4 is 4.72 Å². The molecule has 0 aromatic heterocycles. The van der Waals surface area contributed by atoms with Gasteiger partial charge in [-0.15, -0.1) is 0 Å². The van der Waals surface area contributed by atoms with E-state index in [4.69, 9.17) is 0 Å². The lowest BCUT2D eigenvalue weighted by Crippen LogP contribution is -2.18. The van der Waals surface area contributed by atoms with Crippen molar-refractivity contribution in [3.63, 3.8) is 0 Å². The molecule has 0 heterocycles. The van der Waals surface area contributed by atoms with Crippen LogP contribution in [0, 0.1) is 3.57 Å². The van der Waals surface area contributed by atoms with E-state index in [2.05, 4.69) is 27.3 Å². The van der Waals surface area contributed by atoms with Gasteiger partial charge in [0.15, 0.2) is 0 Å². The standard InChI is InChI=1S/C7H8INO2S/c1-9-12(10,11)7-4-2-6(8)3-5-7/h2-5,9H,1H3. The summed E-state index contributed by atoms with van der Waals surface area (Å²) >= 11 is 2.12. The summed E-state index contributed by atoms with van der Waals surface area (Å²) in [5, 5.41) is 0. The molecule has 1 rings (SSSR count). The molecule has 12 heavy (non-hydrogen) atoms. The molecule has 1 aromatic rings. The van der Waals surface area contributed by atoms with Gasteiger partial charge in [-0.2, -0.15) is 0 Å². The van der Waals surface area contributed by atoms with Gasteiger partial charge in [-0.3, -0.25) is 0 Å². The maximum atomic E-state index is 11.2. The SMILES string of the molecule is CNS(=O)(=O)c1ccc(I)cc1. The number of nitrogens with one attached hydrogen (secondary N) is 1. The lowest BCUT2D eigenvalue weighted by Gasteiger charge is -2.00. The van der Waals surface area contributed by atoms with Crippen molar-refractivity contribution >= 4 is 32.6 Å². The lowest BCUT2D eigenvalue weighted by atomic mass is 10.4. The number of rotatable bonds is 2. The summed E-state index contributed by atoms with van der Waals surface area (Å²) in [6.45, 7) is 0. The first-order valence-electron chi connectivity index (χ1n) is 3.25. The maximum Gasteiger partial charge on any atom is 0.240 e. The molecular formula is C7H8INO2S. The highest BCUT2D eigenvalue weighted by Crippen LogP contribution is 2.10. The van der Waals surface area contributed by atoms with Crippen LogP contribution in [0.4, 0.5) is 0 Å². The normalized spacial score (nSPS) is 11.5. The van der Waals surface area contributed by atoms with E-state index in [1.54, 1.807) is 24.3 Å². The fraction of sp³-hybridized carbons (Fsp3) is 0.143. The van der Waals surface area contributed by atoms with E-state index in [-0.39, 0.29) is 0 Å². The van der Waals surface area contributed by atoms with Gasteiger partial charge in [0.1, 0.15) is 0 Å². The molecule has 0 saturated carbocycles. The molecule has 1 aromatic carbocycles. The molecule has 66 valence electrons. The summed E-state index contributed by atoms with van der Waals surface area (Å²) in [5.74, 6) is 0. The van der Waals surface area contributed by atoms with Crippen molar-refractivity contribution in [3.8, 4) is 0 Å². The Bertz CT molecular complexity index is 357. The smallest absolute Gasteiger partial charge is 0.214 e. The molecule has 5 heteroatoms. The van der Waals surface area contributed by atoms with Crippen LogP contribution in [0.2, 0.25) is 0 Å². The predicted molar refractivity (Wildman–Crippen MR) is 55.4 cm³/mol. The topological polar surface area (TPSA) is 46.2 Å². The Balaban J connectivity index is 3.14. The molecule has 3 nitrogen and oxygen atoms in total. The van der Waals surface area contributed by atoms with Crippen LogP contribution >= 0.6 is 22.6 Å². The first-order chi connectivity index (χ1) is 5.56. The Kier molecular flexibility index (Phi) is 3.08. The monoisotopic (exact) mass is 297 g/mol. The van der Waals surface area contributed by atoms with Crippen LogP contribution in [0.5, 0.6) is 0 Å². The van der Waals surface area contributed by atoms with Crippen LogP contribution in [-0.4, -0.2) is 15.5 Å². The van der Waals surface area contributed by atoms with Crippen molar-refractivity contribution in [3.05, 3.63) is 27.8 Å². The Labute approximate surface area is 85.4 Å². The Morgan fingerprint density at radius 2 is 1.75 bits per heavy atom. The second-order valence-corrected chi connectivity index (χ2v) is 5.29. The predicted octanol–water partition coefficient (Wildman–Crippen LogP) is 1.20. The van der Waals surface area contributed by atoms with E-state index < -0.39 is 10.0 Å². The first-order valence-corrected chi connectivity index (χ1v) is 5.81. The fourth-order valence-corrected chi connectivity index (χ4v) is 1.82. The second kappa shape index (κ2) is 3.71. The number of hydrogen-bond donors (Lipinski definition) is 1. The van der Waals surface area contributed by atoms with Crippen LogP contribution in [0.15, 0.2) is 29.2 Å². The van der Waals surface area contributed by atoms with Gasteiger partial charge >= 0.3 is 0 Å². The third kappa shape index (κ3) is 2.18. The van der Waals surface area contributed by atoms with Crippen LogP contribution in [0.1, 0.15) is 0 Å². The van der Waals surface area contributed by atoms with Gasteiger partial charge in [-0.25, -0.2) is 13.1 Å². The van der Waals surface area contributed by atoms with E-state index in [0.29, 0.717) is 4.90 Å². The summed E-state index contributed by atoms with van der Waals surface area (Å²) in [6, 6.07) is 6.66. The van der Waals surface area contributed by atoms with Crippen molar-refractivity contribution in [1.82, 2.24) is 4.72 Å². The molecule has 0 aliphatic carbocycles. The van der Waals surface area contributed by atoms with E-state index in [1.807, 2.05) is 0 Å². The molecule has 0 atom stereocenters. The summed E-state index contributed by atoms with van der Waals surface area (Å²) in [5.41, 5.74) is 0. The summed E-state index contributed by atoms with van der Waals surface area (Å²) in [4.78, 5) is 0.297. The van der Waals surface area contributed by atoms with Crippen molar-refractivity contribution in [1.29, 1.82) is 0 Å². The van der Waals surface area contributed by atoms with Gasteiger partial charge in [-0.05, 0) is 53.9 Å². The number of hydrogen-bond acceptors (Lipinski definition) is 2. The summed E-state index contributed by atoms with van der Waals surface area (Å²) in [6.07, 6.45) is 0. The maximum absolute atomic E-state index is 11.2. The minimum Gasteiger partial charge on any atom is -0.214 e. The second-order valence-electron chi connectivity index (χ2n) is 2.16. The van der Waals surface area contributed by atoms with E-state index in [1.165, 1.54) is 7.05 Å². The van der Waals surface area contributed by atoms with Crippen molar-refractivity contribution < 1.29 is 8.42 Å². The zero-order valence-corrected chi connectivity index (χ0v) is 9.39. The lowest BCUT2D eigenvalue weighted by molar-refractivity contribution is 0.588. The van der Waals surface area contributed by atoms with Gasteiger partial charge in [-0.1, -0.05) is 0 Å². The highest BCUT2D eigenvalue weighted by Gasteiger charge is 2.09. The molecule has 1 N–H and O–H groups in total. The molecule has 0 radical (unpaired) electrons. The minimum absolute atomic E-state index is 0.297. The van der Waals surface area contributed by atoms with Gasteiger partial charge in [0, 0.05) is 3.57 Å². The number of sulfonamides is 1. The molecule has 0 unspecified atom stereocenters. The van der Waals surface area contributed by atoms with Gasteiger partial charge < -0.3 is 0 Å². The summed E-state index contributed by atoms with van der Waals surface area (Å²) < 4.78 is 25.7. The van der Waals surface area contributed by atoms with Crippen LogP contribution in [0.25, 0.3) is 0 Å². The van der Waals surface area contributed by atoms with Crippen LogP contribution in [0.3, 0.4) is 0 Å². The highest BCUT2D eigenvalue weighted by molar-refractivity contribution is 14.1. The number of halogens is 1. The zero-order chi connectivity index (χ0) is 9.19. The molecule has 0 saturated heterocycles. The van der Waals surface area contributed by atoms with Crippen molar-refractivity contribution in [2.45, 2.75) is 4.90 Å². The minimum atomic E-state index is -3.27. The molecular weight excluding hydrogens is 289 g/mol. The Hall–Kier alpha value is -0.140. The molecule has 0 aliphatic heterocycles. The fourth-order valence-electron chi connectivity index (χ4n) is 0.732. The molecule has 0 spiro atoms. The Morgan fingerprint density at radius 3 is 2.17 bits per heavy atom. The molecule has 0 amide bonds. The van der Waals surface area contributed by atoms with Crippen molar-refractivity contribution in [2.24, 2.45) is 0 Å². The average Bonchev–Trinajstić information content (AvgIpc) is 2.05. The van der Waals surface area contributed by atoms with Gasteiger partial charge in [0.2, 0.25) is 10.0 Å². The van der Waals surface area contributed by atoms with Crippen LogP contribution in [-0.2, 0) is 10.0 Å². The number of benzene rings is 1. The van der Waals surface area contributed by atoms with Gasteiger partial charge in [0.25, 0.3) is 0 Å². The molecule has 0 aliphatic rings. The average molecular weight is 297 g/mol. The zero-order valence-electron chi connectivity index (χ0n) is 6.41. The summed E-state index contributed by atoms with van der Waals surface area (Å²) in [7, 11) is -1.87. The van der Waals surface area contributed by atoms with E-state index in [9.17, 15) is 8.42 Å². The molecule has 0 fully saturated rings. The van der Waals surface area contributed by atoms with E-state index in [0.717, 1.165) is 3.57 Å².